The molecule has 5 nitrogen and oxygen atoms in total. The summed E-state index contributed by atoms with van der Waals surface area (Å²) in [6.07, 6.45) is 5.53. The van der Waals surface area contributed by atoms with Crippen molar-refractivity contribution in [3.05, 3.63) is 89.9 Å². The lowest BCUT2D eigenvalue weighted by atomic mass is 10.2. The topological polar surface area (TPSA) is 51.9 Å². The number of allylic oxidation sites excluding steroid dienone is 1. The molecule has 2 aromatic carbocycles. The first-order chi connectivity index (χ1) is 14.2. The van der Waals surface area contributed by atoms with E-state index in [0.717, 1.165) is 16.9 Å². The van der Waals surface area contributed by atoms with Gasteiger partial charge in [0.05, 0.1) is 19.9 Å². The van der Waals surface area contributed by atoms with E-state index in [1.165, 1.54) is 0 Å². The molecule has 0 saturated heterocycles. The second kappa shape index (κ2) is 10.2. The molecule has 0 fully saturated rings. The molecule has 0 aliphatic heterocycles. The van der Waals surface area contributed by atoms with Crippen molar-refractivity contribution in [3.63, 3.8) is 0 Å². The summed E-state index contributed by atoms with van der Waals surface area (Å²) in [6, 6.07) is 19.1. The summed E-state index contributed by atoms with van der Waals surface area (Å²) in [6.45, 7) is 2.71. The summed E-state index contributed by atoms with van der Waals surface area (Å²) in [7, 11) is 1.59. The van der Waals surface area contributed by atoms with Crippen LogP contribution in [0.15, 0.2) is 77.4 Å². The Bertz CT molecular complexity index is 933. The molecule has 0 radical (unpaired) electrons. The lowest BCUT2D eigenvalue weighted by molar-refractivity contribution is -0.134. The summed E-state index contributed by atoms with van der Waals surface area (Å²) in [5, 5.41) is 0. The van der Waals surface area contributed by atoms with Crippen molar-refractivity contribution in [2.75, 3.05) is 13.7 Å². The van der Waals surface area contributed by atoms with Crippen LogP contribution >= 0.6 is 0 Å². The monoisotopic (exact) mass is 391 g/mol. The maximum Gasteiger partial charge on any atom is 0.261 e. The van der Waals surface area contributed by atoms with E-state index in [2.05, 4.69) is 0 Å². The van der Waals surface area contributed by atoms with Crippen molar-refractivity contribution >= 4 is 12.0 Å². The van der Waals surface area contributed by atoms with Crippen molar-refractivity contribution in [1.82, 2.24) is 4.90 Å². The number of amides is 1. The molecule has 1 amide bonds. The first-order valence-corrected chi connectivity index (χ1v) is 9.47. The zero-order valence-electron chi connectivity index (χ0n) is 16.7. The van der Waals surface area contributed by atoms with Gasteiger partial charge >= 0.3 is 0 Å². The highest BCUT2D eigenvalue weighted by molar-refractivity contribution is 5.78. The summed E-state index contributed by atoms with van der Waals surface area (Å²) >= 11 is 0. The Morgan fingerprint density at radius 3 is 2.55 bits per heavy atom. The van der Waals surface area contributed by atoms with Gasteiger partial charge in [0.1, 0.15) is 5.76 Å². The standard InChI is InChI=1S/C24H25NO4/c1-3-8-19-12-13-22(23(15-19)27-2)29-18-24(26)25(17-21-11-7-14-28-21)16-20-9-5-4-6-10-20/h3-15H,16-18H2,1-2H3. The second-order valence-electron chi connectivity index (χ2n) is 6.51. The molecule has 29 heavy (non-hydrogen) atoms. The zero-order chi connectivity index (χ0) is 20.5. The fourth-order valence-corrected chi connectivity index (χ4v) is 2.96. The van der Waals surface area contributed by atoms with Crippen LogP contribution in [0, 0.1) is 0 Å². The summed E-state index contributed by atoms with van der Waals surface area (Å²) < 4.78 is 16.6. The van der Waals surface area contributed by atoms with Gasteiger partial charge in [0.25, 0.3) is 5.91 Å². The molecule has 1 heterocycles. The van der Waals surface area contributed by atoms with Crippen molar-refractivity contribution < 1.29 is 18.7 Å². The minimum Gasteiger partial charge on any atom is -0.493 e. The highest BCUT2D eigenvalue weighted by atomic mass is 16.5. The van der Waals surface area contributed by atoms with E-state index >= 15 is 0 Å². The van der Waals surface area contributed by atoms with Gasteiger partial charge < -0.3 is 18.8 Å². The molecule has 0 aliphatic carbocycles. The SMILES string of the molecule is CC=Cc1ccc(OCC(=O)N(Cc2ccccc2)Cc2ccco2)c(OC)c1. The van der Waals surface area contributed by atoms with E-state index < -0.39 is 0 Å². The average Bonchev–Trinajstić information content (AvgIpc) is 3.26. The van der Waals surface area contributed by atoms with Crippen molar-refractivity contribution in [2.24, 2.45) is 0 Å². The van der Waals surface area contributed by atoms with Gasteiger partial charge in [-0.05, 0) is 42.3 Å². The van der Waals surface area contributed by atoms with E-state index in [1.54, 1.807) is 18.3 Å². The van der Waals surface area contributed by atoms with Crippen LogP contribution in [0.3, 0.4) is 0 Å². The predicted octanol–water partition coefficient (Wildman–Crippen LogP) is 4.93. The number of hydrogen-bond donors (Lipinski definition) is 0. The average molecular weight is 391 g/mol. The van der Waals surface area contributed by atoms with Gasteiger partial charge in [-0.25, -0.2) is 0 Å². The normalized spacial score (nSPS) is 10.8. The van der Waals surface area contributed by atoms with Gasteiger partial charge in [-0.15, -0.1) is 0 Å². The van der Waals surface area contributed by atoms with Crippen LogP contribution in [-0.4, -0.2) is 24.5 Å². The molecule has 5 heteroatoms. The number of carbonyl (C=O) groups is 1. The van der Waals surface area contributed by atoms with Crippen molar-refractivity contribution in [3.8, 4) is 11.5 Å². The van der Waals surface area contributed by atoms with Gasteiger partial charge in [0.2, 0.25) is 0 Å². The fourth-order valence-electron chi connectivity index (χ4n) is 2.96. The molecular weight excluding hydrogens is 366 g/mol. The van der Waals surface area contributed by atoms with Crippen molar-refractivity contribution in [1.29, 1.82) is 0 Å². The number of furan rings is 1. The van der Waals surface area contributed by atoms with Crippen LogP contribution in [0.4, 0.5) is 0 Å². The van der Waals surface area contributed by atoms with E-state index in [9.17, 15) is 4.79 Å². The van der Waals surface area contributed by atoms with Gasteiger partial charge in [0, 0.05) is 6.54 Å². The summed E-state index contributed by atoms with van der Waals surface area (Å²) in [4.78, 5) is 14.6. The Kier molecular flexibility index (Phi) is 7.11. The largest absolute Gasteiger partial charge is 0.493 e. The molecule has 0 bridgehead atoms. The molecule has 0 aliphatic rings. The molecule has 1 aromatic heterocycles. The Morgan fingerprint density at radius 1 is 1.03 bits per heavy atom. The Morgan fingerprint density at radius 2 is 1.86 bits per heavy atom. The number of methoxy groups -OCH3 is 1. The Hall–Kier alpha value is -3.47. The van der Waals surface area contributed by atoms with Crippen molar-refractivity contribution in [2.45, 2.75) is 20.0 Å². The van der Waals surface area contributed by atoms with Gasteiger partial charge in [-0.3, -0.25) is 4.79 Å². The third kappa shape index (κ3) is 5.75. The molecule has 0 unspecified atom stereocenters. The molecule has 0 saturated carbocycles. The predicted molar refractivity (Wildman–Crippen MR) is 113 cm³/mol. The van der Waals surface area contributed by atoms with Crippen LogP contribution < -0.4 is 9.47 Å². The van der Waals surface area contributed by atoms with Gasteiger partial charge in [0.15, 0.2) is 18.1 Å². The third-order valence-electron chi connectivity index (χ3n) is 4.39. The number of ether oxygens (including phenoxy) is 2. The molecule has 3 rings (SSSR count). The van der Waals surface area contributed by atoms with Crippen LogP contribution in [0.5, 0.6) is 11.5 Å². The van der Waals surface area contributed by atoms with Crippen LogP contribution in [0.2, 0.25) is 0 Å². The maximum atomic E-state index is 12.9. The second-order valence-corrected chi connectivity index (χ2v) is 6.51. The van der Waals surface area contributed by atoms with Gasteiger partial charge in [-0.1, -0.05) is 48.6 Å². The number of rotatable bonds is 9. The molecule has 0 N–H and O–H groups in total. The quantitative estimate of drug-likeness (QED) is 0.519. The van der Waals surface area contributed by atoms with E-state index in [1.807, 2.05) is 79.7 Å². The Balaban J connectivity index is 1.70. The first-order valence-electron chi connectivity index (χ1n) is 9.47. The first kappa shape index (κ1) is 20.3. The molecule has 150 valence electrons. The van der Waals surface area contributed by atoms with Gasteiger partial charge in [-0.2, -0.15) is 0 Å². The van der Waals surface area contributed by atoms with Crippen LogP contribution in [0.1, 0.15) is 23.8 Å². The molecule has 0 atom stereocenters. The molecular formula is C24H25NO4. The zero-order valence-corrected chi connectivity index (χ0v) is 16.7. The third-order valence-corrected chi connectivity index (χ3v) is 4.39. The number of benzene rings is 2. The van der Waals surface area contributed by atoms with E-state index in [0.29, 0.717) is 24.6 Å². The Labute approximate surface area is 171 Å². The minimum atomic E-state index is -0.134. The lowest BCUT2D eigenvalue weighted by Crippen LogP contribution is -2.34. The number of hydrogen-bond acceptors (Lipinski definition) is 4. The highest BCUT2D eigenvalue weighted by Gasteiger charge is 2.17. The number of carbonyl (C=O) groups excluding carboxylic acids is 1. The number of nitrogens with zero attached hydrogens (tertiary/aromatic N) is 1. The summed E-state index contributed by atoms with van der Waals surface area (Å²) in [5.74, 6) is 1.72. The smallest absolute Gasteiger partial charge is 0.261 e. The van der Waals surface area contributed by atoms with Crippen LogP contribution in [-0.2, 0) is 17.9 Å². The summed E-state index contributed by atoms with van der Waals surface area (Å²) in [5.41, 5.74) is 2.05. The maximum absolute atomic E-state index is 12.9. The van der Waals surface area contributed by atoms with E-state index in [4.69, 9.17) is 13.9 Å². The highest BCUT2D eigenvalue weighted by Crippen LogP contribution is 2.28. The minimum absolute atomic E-state index is 0.0904. The lowest BCUT2D eigenvalue weighted by Gasteiger charge is -2.22. The molecule has 0 spiro atoms. The fraction of sp³-hybridized carbons (Fsp3) is 0.208. The van der Waals surface area contributed by atoms with E-state index in [-0.39, 0.29) is 12.5 Å². The van der Waals surface area contributed by atoms with Crippen LogP contribution in [0.25, 0.3) is 6.08 Å². The molecule has 3 aromatic rings.